The number of nitrogens with zero attached hydrogens (tertiary/aromatic N) is 2. The lowest BCUT2D eigenvalue weighted by Crippen LogP contribution is -2.32. The maximum absolute atomic E-state index is 12.4. The Morgan fingerprint density at radius 2 is 2.13 bits per heavy atom. The first-order chi connectivity index (χ1) is 11.1. The van der Waals surface area contributed by atoms with E-state index >= 15 is 0 Å². The molecule has 1 N–H and O–H groups in total. The standard InChI is InChI=1S/C15H21N3O3S2/c1-11-5-2-3-7-13(11)21-10-9-16-23(19,20)14-8-4-6-12-15(14)18-22-17-12/h4,6,8,11,13,16H,2-3,5,7,9-10H2,1H3/t11-,13-/m0/s1. The Morgan fingerprint density at radius 3 is 2.96 bits per heavy atom. The molecule has 1 aromatic heterocycles. The molecule has 126 valence electrons. The van der Waals surface area contributed by atoms with Crippen LogP contribution in [0.3, 0.4) is 0 Å². The molecule has 0 spiro atoms. The summed E-state index contributed by atoms with van der Waals surface area (Å²) in [5.41, 5.74) is 1.02. The Bertz CT molecular complexity index is 760. The molecule has 0 amide bonds. The summed E-state index contributed by atoms with van der Waals surface area (Å²) < 4.78 is 41.5. The van der Waals surface area contributed by atoms with Gasteiger partial charge in [-0.1, -0.05) is 25.8 Å². The van der Waals surface area contributed by atoms with Crippen molar-refractivity contribution in [2.24, 2.45) is 5.92 Å². The fraction of sp³-hybridized carbons (Fsp3) is 0.600. The van der Waals surface area contributed by atoms with Crippen LogP contribution in [0, 0.1) is 5.92 Å². The Morgan fingerprint density at radius 1 is 1.30 bits per heavy atom. The largest absolute Gasteiger partial charge is 0.377 e. The topological polar surface area (TPSA) is 81.2 Å². The fourth-order valence-corrected chi connectivity index (χ4v) is 4.77. The number of ether oxygens (including phenoxy) is 1. The van der Waals surface area contributed by atoms with E-state index in [-0.39, 0.29) is 17.5 Å². The van der Waals surface area contributed by atoms with Gasteiger partial charge in [0.1, 0.15) is 15.9 Å². The third-order valence-corrected chi connectivity index (χ3v) is 6.33. The van der Waals surface area contributed by atoms with E-state index < -0.39 is 10.0 Å². The van der Waals surface area contributed by atoms with Crippen LogP contribution in [-0.2, 0) is 14.8 Å². The average molecular weight is 355 g/mol. The Balaban J connectivity index is 1.58. The summed E-state index contributed by atoms with van der Waals surface area (Å²) in [7, 11) is -3.60. The molecule has 1 aliphatic rings. The van der Waals surface area contributed by atoms with Gasteiger partial charge in [0.15, 0.2) is 0 Å². The lowest BCUT2D eigenvalue weighted by Gasteiger charge is -2.28. The van der Waals surface area contributed by atoms with E-state index in [1.165, 1.54) is 19.3 Å². The van der Waals surface area contributed by atoms with Crippen molar-refractivity contribution in [1.29, 1.82) is 0 Å². The Kier molecular flexibility index (Phi) is 5.25. The van der Waals surface area contributed by atoms with Crippen LogP contribution < -0.4 is 4.72 Å². The van der Waals surface area contributed by atoms with Gasteiger partial charge in [0, 0.05) is 6.54 Å². The molecule has 0 saturated heterocycles. The molecule has 0 aliphatic heterocycles. The number of rotatable bonds is 6. The van der Waals surface area contributed by atoms with E-state index in [2.05, 4.69) is 20.4 Å². The van der Waals surface area contributed by atoms with Crippen molar-refractivity contribution < 1.29 is 13.2 Å². The predicted octanol–water partition coefficient (Wildman–Crippen LogP) is 2.56. The third kappa shape index (κ3) is 3.88. The van der Waals surface area contributed by atoms with Crippen LogP contribution in [0.2, 0.25) is 0 Å². The monoisotopic (exact) mass is 355 g/mol. The predicted molar refractivity (Wildman–Crippen MR) is 90.0 cm³/mol. The number of nitrogens with one attached hydrogen (secondary N) is 1. The van der Waals surface area contributed by atoms with Gasteiger partial charge in [-0.25, -0.2) is 13.1 Å². The SMILES string of the molecule is C[C@H]1CCCC[C@@H]1OCCNS(=O)(=O)c1cccc2nsnc12. The first-order valence-corrected chi connectivity index (χ1v) is 10.1. The summed E-state index contributed by atoms with van der Waals surface area (Å²) in [6.07, 6.45) is 4.96. The average Bonchev–Trinajstić information content (AvgIpc) is 3.01. The molecule has 1 aromatic carbocycles. The van der Waals surface area contributed by atoms with Crippen molar-refractivity contribution in [3.8, 4) is 0 Å². The highest BCUT2D eigenvalue weighted by Crippen LogP contribution is 2.26. The Hall–Kier alpha value is -1.09. The number of hydrogen-bond acceptors (Lipinski definition) is 6. The molecule has 1 saturated carbocycles. The van der Waals surface area contributed by atoms with Crippen LogP contribution in [-0.4, -0.2) is 36.4 Å². The number of fused-ring (bicyclic) bond motifs is 1. The summed E-state index contributed by atoms with van der Waals surface area (Å²) in [6, 6.07) is 4.99. The maximum Gasteiger partial charge on any atom is 0.242 e. The summed E-state index contributed by atoms with van der Waals surface area (Å²) >= 11 is 1.01. The summed E-state index contributed by atoms with van der Waals surface area (Å²) in [5.74, 6) is 0.551. The first-order valence-electron chi connectivity index (χ1n) is 7.90. The van der Waals surface area contributed by atoms with Gasteiger partial charge in [0.05, 0.1) is 24.4 Å². The van der Waals surface area contributed by atoms with Crippen molar-refractivity contribution in [3.63, 3.8) is 0 Å². The lowest BCUT2D eigenvalue weighted by molar-refractivity contribution is -0.00176. The molecule has 2 aromatic rings. The molecular formula is C15H21N3O3S2. The second-order valence-electron chi connectivity index (χ2n) is 5.96. The van der Waals surface area contributed by atoms with Crippen molar-refractivity contribution >= 4 is 32.8 Å². The number of benzene rings is 1. The normalized spacial score (nSPS) is 22.5. The minimum Gasteiger partial charge on any atom is -0.377 e. The van der Waals surface area contributed by atoms with Gasteiger partial charge in [0.2, 0.25) is 10.0 Å². The molecule has 1 heterocycles. The van der Waals surface area contributed by atoms with Gasteiger partial charge in [0.25, 0.3) is 0 Å². The van der Waals surface area contributed by atoms with Crippen LogP contribution in [0.5, 0.6) is 0 Å². The van der Waals surface area contributed by atoms with Gasteiger partial charge in [-0.15, -0.1) is 0 Å². The van der Waals surface area contributed by atoms with Crippen molar-refractivity contribution in [2.45, 2.75) is 43.6 Å². The quantitative estimate of drug-likeness (QED) is 0.806. The highest BCUT2D eigenvalue weighted by Gasteiger charge is 2.22. The lowest BCUT2D eigenvalue weighted by atomic mass is 9.88. The molecule has 3 rings (SSSR count). The highest BCUT2D eigenvalue weighted by atomic mass is 32.2. The van der Waals surface area contributed by atoms with Crippen LogP contribution >= 0.6 is 11.7 Å². The van der Waals surface area contributed by atoms with Crippen molar-refractivity contribution in [1.82, 2.24) is 13.5 Å². The fourth-order valence-electron chi connectivity index (χ4n) is 2.99. The molecular weight excluding hydrogens is 334 g/mol. The molecule has 2 atom stereocenters. The minimum atomic E-state index is -3.60. The van der Waals surface area contributed by atoms with Gasteiger partial charge in [-0.05, 0) is 30.9 Å². The van der Waals surface area contributed by atoms with Gasteiger partial charge in [-0.2, -0.15) is 8.75 Å². The molecule has 23 heavy (non-hydrogen) atoms. The second-order valence-corrected chi connectivity index (χ2v) is 8.22. The second kappa shape index (κ2) is 7.21. The molecule has 0 radical (unpaired) electrons. The number of aromatic nitrogens is 2. The van der Waals surface area contributed by atoms with Gasteiger partial charge < -0.3 is 4.74 Å². The van der Waals surface area contributed by atoms with E-state index in [1.54, 1.807) is 18.2 Å². The molecule has 8 heteroatoms. The summed E-state index contributed by atoms with van der Waals surface area (Å²) in [4.78, 5) is 0.176. The molecule has 6 nitrogen and oxygen atoms in total. The van der Waals surface area contributed by atoms with E-state index in [9.17, 15) is 8.42 Å². The van der Waals surface area contributed by atoms with E-state index in [1.807, 2.05) is 0 Å². The first kappa shape index (κ1) is 16.8. The van der Waals surface area contributed by atoms with E-state index in [4.69, 9.17) is 4.74 Å². The van der Waals surface area contributed by atoms with Crippen LogP contribution in [0.4, 0.5) is 0 Å². The van der Waals surface area contributed by atoms with Crippen molar-refractivity contribution in [2.75, 3.05) is 13.2 Å². The number of sulfonamides is 1. The smallest absolute Gasteiger partial charge is 0.242 e. The van der Waals surface area contributed by atoms with Gasteiger partial charge in [-0.3, -0.25) is 0 Å². The zero-order valence-corrected chi connectivity index (χ0v) is 14.7. The van der Waals surface area contributed by atoms with Crippen molar-refractivity contribution in [3.05, 3.63) is 18.2 Å². The molecule has 1 aliphatic carbocycles. The zero-order chi connectivity index (χ0) is 16.3. The summed E-state index contributed by atoms with van der Waals surface area (Å²) in [5, 5.41) is 0. The third-order valence-electron chi connectivity index (χ3n) is 4.30. The maximum atomic E-state index is 12.4. The number of hydrogen-bond donors (Lipinski definition) is 1. The van der Waals surface area contributed by atoms with E-state index in [0.717, 1.165) is 18.1 Å². The highest BCUT2D eigenvalue weighted by molar-refractivity contribution is 7.89. The van der Waals surface area contributed by atoms with Crippen LogP contribution in [0.15, 0.2) is 23.1 Å². The molecule has 1 fully saturated rings. The Labute approximate surface area is 140 Å². The van der Waals surface area contributed by atoms with Gasteiger partial charge >= 0.3 is 0 Å². The van der Waals surface area contributed by atoms with Crippen LogP contribution in [0.25, 0.3) is 11.0 Å². The zero-order valence-electron chi connectivity index (χ0n) is 13.1. The summed E-state index contributed by atoms with van der Waals surface area (Å²) in [6.45, 7) is 2.85. The van der Waals surface area contributed by atoms with Crippen LogP contribution in [0.1, 0.15) is 32.6 Å². The molecule has 0 unspecified atom stereocenters. The minimum absolute atomic E-state index is 0.176. The van der Waals surface area contributed by atoms with E-state index in [0.29, 0.717) is 23.6 Å². The molecule has 0 bridgehead atoms.